The molecule has 1 aliphatic rings. The van der Waals surface area contributed by atoms with Crippen molar-refractivity contribution in [3.05, 3.63) is 59.2 Å². The summed E-state index contributed by atoms with van der Waals surface area (Å²) in [7, 11) is -3.51. The Balaban J connectivity index is 1.87. The maximum absolute atomic E-state index is 14.1. The molecule has 0 saturated heterocycles. The van der Waals surface area contributed by atoms with E-state index in [-0.39, 0.29) is 22.7 Å². The first kappa shape index (κ1) is 30.1. The van der Waals surface area contributed by atoms with Crippen LogP contribution in [0.15, 0.2) is 47.4 Å². The fourth-order valence-electron chi connectivity index (χ4n) is 4.40. The van der Waals surface area contributed by atoms with Gasteiger partial charge in [-0.15, -0.1) is 0 Å². The van der Waals surface area contributed by atoms with Crippen LogP contribution in [0.2, 0.25) is 0 Å². The Hall–Kier alpha value is -3.41. The number of esters is 1. The molecule has 0 aromatic heterocycles. The summed E-state index contributed by atoms with van der Waals surface area (Å²) in [5.74, 6) is -2.02. The fraction of sp³-hybridized carbons (Fsp3) is 0.444. The Bertz CT molecular complexity index is 1400. The third-order valence-corrected chi connectivity index (χ3v) is 7.59. The minimum absolute atomic E-state index is 0.0274. The maximum atomic E-state index is 14.1. The number of benzene rings is 2. The van der Waals surface area contributed by atoms with E-state index in [1.165, 1.54) is 54.3 Å². The van der Waals surface area contributed by atoms with E-state index in [0.29, 0.717) is 11.1 Å². The lowest BCUT2D eigenvalue weighted by Gasteiger charge is -2.33. The normalized spacial score (nSPS) is 17.3. The molecule has 8 nitrogen and oxygen atoms in total. The summed E-state index contributed by atoms with van der Waals surface area (Å²) in [6.07, 6.45) is -4.64. The predicted molar refractivity (Wildman–Crippen MR) is 137 cm³/mol. The van der Waals surface area contributed by atoms with Crippen molar-refractivity contribution in [2.45, 2.75) is 75.7 Å². The van der Waals surface area contributed by atoms with E-state index < -0.39 is 57.3 Å². The van der Waals surface area contributed by atoms with Gasteiger partial charge in [0.15, 0.2) is 9.84 Å². The third-order valence-electron chi connectivity index (χ3n) is 6.48. The Kier molecular flexibility index (Phi) is 7.95. The van der Waals surface area contributed by atoms with Crippen LogP contribution in [0.3, 0.4) is 0 Å². The van der Waals surface area contributed by atoms with Crippen LogP contribution >= 0.6 is 0 Å². The summed E-state index contributed by atoms with van der Waals surface area (Å²) >= 11 is 0. The lowest BCUT2D eigenvalue weighted by Crippen LogP contribution is -2.42. The molecule has 39 heavy (non-hydrogen) atoms. The smallest absolute Gasteiger partial charge is 0.398 e. The number of ether oxygens (including phenoxy) is 1. The van der Waals surface area contributed by atoms with Crippen LogP contribution in [0.25, 0.3) is 0 Å². The molecule has 1 N–H and O–H groups in total. The topological polar surface area (TPSA) is 110 Å². The number of nitrogens with zero attached hydrogens (tertiary/aromatic N) is 1. The van der Waals surface area contributed by atoms with E-state index in [1.807, 2.05) is 0 Å². The largest absolute Gasteiger partial charge is 0.460 e. The molecule has 2 aromatic carbocycles. The molecule has 12 heteroatoms. The van der Waals surface area contributed by atoms with Crippen molar-refractivity contribution >= 4 is 33.3 Å². The molecule has 3 rings (SSSR count). The molecule has 2 aromatic rings. The van der Waals surface area contributed by atoms with Crippen molar-refractivity contribution in [2.24, 2.45) is 0 Å². The molecule has 0 aliphatic carbocycles. The van der Waals surface area contributed by atoms with Crippen molar-refractivity contribution in [2.75, 3.05) is 11.6 Å². The Morgan fingerprint density at radius 1 is 1.03 bits per heavy atom. The number of carbonyl (C=O) groups excluding carboxylic acids is 3. The van der Waals surface area contributed by atoms with Crippen molar-refractivity contribution in [3.63, 3.8) is 0 Å². The molecule has 2 atom stereocenters. The minimum Gasteiger partial charge on any atom is -0.460 e. The summed E-state index contributed by atoms with van der Waals surface area (Å²) in [6, 6.07) is 8.13. The van der Waals surface area contributed by atoms with E-state index in [4.69, 9.17) is 4.74 Å². The zero-order chi connectivity index (χ0) is 29.6. The number of alkyl halides is 3. The van der Waals surface area contributed by atoms with Crippen molar-refractivity contribution in [1.82, 2.24) is 4.90 Å². The number of hydrogen-bond donors (Lipinski definition) is 1. The molecule has 0 radical (unpaired) electrons. The van der Waals surface area contributed by atoms with Gasteiger partial charge in [0.2, 0.25) is 5.91 Å². The van der Waals surface area contributed by atoms with E-state index >= 15 is 0 Å². The standard InChI is InChI=1S/C27H31F3N2O6S/c1-16(33)32-15-17-13-20(39(6,36)37)11-12-21(17)23(32)24(35)31-19-9-7-18(8-10-19)26(5,27(28,29)30)14-22(34)38-25(2,3)4/h7-13,23H,14-15H2,1-6H3,(H,31,35). The second kappa shape index (κ2) is 10.3. The zero-order valence-corrected chi connectivity index (χ0v) is 23.3. The first-order valence-corrected chi connectivity index (χ1v) is 13.9. The Labute approximate surface area is 225 Å². The number of nitrogens with one attached hydrogen (secondary N) is 1. The minimum atomic E-state index is -4.77. The second-order valence-corrected chi connectivity index (χ2v) is 12.9. The van der Waals surface area contributed by atoms with Crippen LogP contribution in [0.1, 0.15) is 63.8 Å². The van der Waals surface area contributed by atoms with Crippen LogP contribution in [-0.4, -0.2) is 49.1 Å². The molecule has 1 heterocycles. The molecular weight excluding hydrogens is 537 g/mol. The quantitative estimate of drug-likeness (QED) is 0.507. The summed E-state index contributed by atoms with van der Waals surface area (Å²) in [4.78, 5) is 39.1. The highest BCUT2D eigenvalue weighted by atomic mass is 32.2. The highest BCUT2D eigenvalue weighted by Gasteiger charge is 2.54. The van der Waals surface area contributed by atoms with Gasteiger partial charge in [0.1, 0.15) is 11.6 Å². The van der Waals surface area contributed by atoms with E-state index in [9.17, 15) is 36.0 Å². The number of halogens is 3. The molecule has 0 fully saturated rings. The summed E-state index contributed by atoms with van der Waals surface area (Å²) in [5, 5.41) is 2.62. The summed E-state index contributed by atoms with van der Waals surface area (Å²) < 4.78 is 71.3. The molecule has 2 amide bonds. The molecule has 212 valence electrons. The van der Waals surface area contributed by atoms with Gasteiger partial charge in [0.05, 0.1) is 16.7 Å². The Morgan fingerprint density at radius 3 is 2.10 bits per heavy atom. The van der Waals surface area contributed by atoms with Crippen molar-refractivity contribution in [1.29, 1.82) is 0 Å². The average molecular weight is 569 g/mol. The summed E-state index contributed by atoms with van der Waals surface area (Å²) in [6.45, 7) is 6.91. The van der Waals surface area contributed by atoms with Crippen LogP contribution in [0.5, 0.6) is 0 Å². The number of fused-ring (bicyclic) bond motifs is 1. The summed E-state index contributed by atoms with van der Waals surface area (Å²) in [5.41, 5.74) is -2.54. The van der Waals surface area contributed by atoms with E-state index in [1.54, 1.807) is 20.8 Å². The van der Waals surface area contributed by atoms with Crippen LogP contribution in [0, 0.1) is 0 Å². The molecule has 2 unspecified atom stereocenters. The van der Waals surface area contributed by atoms with E-state index in [0.717, 1.165) is 13.2 Å². The number of rotatable bonds is 6. The van der Waals surface area contributed by atoms with E-state index in [2.05, 4.69) is 5.32 Å². The molecule has 0 saturated carbocycles. The number of anilines is 1. The van der Waals surface area contributed by atoms with Gasteiger partial charge in [-0.25, -0.2) is 8.42 Å². The molecular formula is C27H31F3N2O6S. The number of sulfone groups is 1. The lowest BCUT2D eigenvalue weighted by molar-refractivity contribution is -0.197. The van der Waals surface area contributed by atoms with Gasteiger partial charge in [0, 0.05) is 25.4 Å². The highest BCUT2D eigenvalue weighted by molar-refractivity contribution is 7.90. The number of carbonyl (C=O) groups is 3. The van der Waals surface area contributed by atoms with Gasteiger partial charge in [-0.3, -0.25) is 14.4 Å². The van der Waals surface area contributed by atoms with Gasteiger partial charge < -0.3 is 15.0 Å². The third kappa shape index (κ3) is 6.60. The van der Waals surface area contributed by atoms with Gasteiger partial charge in [-0.05, 0) is 68.7 Å². The zero-order valence-electron chi connectivity index (χ0n) is 22.5. The first-order valence-electron chi connectivity index (χ1n) is 12.0. The number of amides is 2. The van der Waals surface area contributed by atoms with Gasteiger partial charge in [-0.1, -0.05) is 18.2 Å². The van der Waals surface area contributed by atoms with Crippen LogP contribution in [0.4, 0.5) is 18.9 Å². The highest BCUT2D eigenvalue weighted by Crippen LogP contribution is 2.44. The van der Waals surface area contributed by atoms with Crippen molar-refractivity contribution in [3.8, 4) is 0 Å². The van der Waals surface area contributed by atoms with Crippen molar-refractivity contribution < 1.29 is 40.7 Å². The molecule has 0 spiro atoms. The first-order chi connectivity index (χ1) is 17.7. The van der Waals surface area contributed by atoms with Gasteiger partial charge in [-0.2, -0.15) is 13.2 Å². The lowest BCUT2D eigenvalue weighted by atomic mass is 9.78. The molecule has 1 aliphatic heterocycles. The molecule has 0 bridgehead atoms. The monoisotopic (exact) mass is 568 g/mol. The fourth-order valence-corrected chi connectivity index (χ4v) is 5.07. The number of hydrogen-bond acceptors (Lipinski definition) is 6. The second-order valence-electron chi connectivity index (χ2n) is 10.8. The SMILES string of the molecule is CC(=O)N1Cc2cc(S(C)(=O)=O)ccc2C1C(=O)Nc1ccc(C(C)(CC(=O)OC(C)(C)C)C(F)(F)F)cc1. The van der Waals surface area contributed by atoms with Crippen LogP contribution < -0.4 is 5.32 Å². The maximum Gasteiger partial charge on any atom is 0.398 e. The predicted octanol–water partition coefficient (Wildman–Crippen LogP) is 4.68. The average Bonchev–Trinajstić information content (AvgIpc) is 3.16. The van der Waals surface area contributed by atoms with Gasteiger partial charge in [0.25, 0.3) is 5.91 Å². The Morgan fingerprint density at radius 2 is 1.62 bits per heavy atom. The van der Waals surface area contributed by atoms with Crippen LogP contribution in [-0.2, 0) is 40.9 Å². The van der Waals surface area contributed by atoms with Gasteiger partial charge >= 0.3 is 12.1 Å².